The molecule has 0 atom stereocenters. The topological polar surface area (TPSA) is 26.3 Å². The lowest BCUT2D eigenvalue weighted by Crippen LogP contribution is -2.15. The van der Waals surface area contributed by atoms with Gasteiger partial charge in [-0.1, -0.05) is 31.9 Å². The maximum Gasteiger partial charge on any atom is 0.267 e. The monoisotopic (exact) mass is 496 g/mol. The number of halogens is 5. The van der Waals surface area contributed by atoms with Crippen LogP contribution in [0.5, 0.6) is 5.75 Å². The van der Waals surface area contributed by atoms with Crippen molar-refractivity contribution in [1.29, 1.82) is 0 Å². The minimum atomic E-state index is -3.19. The summed E-state index contributed by atoms with van der Waals surface area (Å²) < 4.78 is 76.0. The Kier molecular flexibility index (Phi) is 9.70. The van der Waals surface area contributed by atoms with Crippen LogP contribution in [0, 0.1) is 23.4 Å². The van der Waals surface area contributed by atoms with E-state index in [1.807, 2.05) is 0 Å². The lowest BCUT2D eigenvalue weighted by atomic mass is 9.77. The number of aryl methyl sites for hydroxylation is 1. The number of carbonyl (C=O) groups is 1. The molecule has 1 aliphatic carbocycles. The van der Waals surface area contributed by atoms with Gasteiger partial charge in [-0.2, -0.15) is 0 Å². The van der Waals surface area contributed by atoms with Crippen molar-refractivity contribution >= 4 is 5.78 Å². The third-order valence-corrected chi connectivity index (χ3v) is 6.99. The summed E-state index contributed by atoms with van der Waals surface area (Å²) in [5.41, 5.74) is -0.854. The Bertz CT molecular complexity index is 1010. The van der Waals surface area contributed by atoms with Crippen LogP contribution in [0.3, 0.4) is 0 Å². The quantitative estimate of drug-likeness (QED) is 0.230. The molecule has 2 aromatic rings. The van der Waals surface area contributed by atoms with E-state index in [2.05, 4.69) is 6.92 Å². The molecule has 0 heterocycles. The van der Waals surface area contributed by atoms with Crippen LogP contribution in [0.2, 0.25) is 0 Å². The second-order valence-electron chi connectivity index (χ2n) is 9.30. The minimum Gasteiger partial charge on any atom is -0.491 e. The van der Waals surface area contributed by atoms with Gasteiger partial charge in [0.05, 0.1) is 12.2 Å². The standard InChI is InChI=1S/C28H33F5O2/c1-3-6-17-9-11-18(12-10-17)20-14-13-19(25(29)26(20)30)7-5-8-22(34)21-15-16-23(35-4-2)27(31)24(21)28(32)33/h13-18,28H,3-12H2,1-2H3. The predicted octanol–water partition coefficient (Wildman–Crippen LogP) is 8.72. The Hall–Kier alpha value is -2.44. The summed E-state index contributed by atoms with van der Waals surface area (Å²) in [6.07, 6.45) is 2.85. The molecule has 0 spiro atoms. The van der Waals surface area contributed by atoms with Gasteiger partial charge in [-0.15, -0.1) is 0 Å². The van der Waals surface area contributed by atoms with Crippen molar-refractivity contribution in [3.63, 3.8) is 0 Å². The number of Topliss-reactive ketones (excluding diaryl/α,β-unsaturated/α-hetero) is 1. The Morgan fingerprint density at radius 3 is 2.31 bits per heavy atom. The molecule has 0 N–H and O–H groups in total. The molecule has 1 fully saturated rings. The first-order chi connectivity index (χ1) is 16.8. The van der Waals surface area contributed by atoms with E-state index in [9.17, 15) is 26.7 Å². The van der Waals surface area contributed by atoms with E-state index in [-0.39, 0.29) is 43.1 Å². The molecular formula is C28H33F5O2. The molecular weight excluding hydrogens is 463 g/mol. The number of ether oxygens (including phenoxy) is 1. The number of ketones is 1. The molecule has 7 heteroatoms. The van der Waals surface area contributed by atoms with E-state index < -0.39 is 40.8 Å². The Labute approximate surface area is 203 Å². The number of carbonyl (C=O) groups excluding carboxylic acids is 1. The summed E-state index contributed by atoms with van der Waals surface area (Å²) in [5, 5.41) is 0. The van der Waals surface area contributed by atoms with Crippen molar-refractivity contribution in [2.45, 2.75) is 84.0 Å². The average Bonchev–Trinajstić information content (AvgIpc) is 2.83. The first-order valence-corrected chi connectivity index (χ1v) is 12.5. The molecule has 0 aromatic heterocycles. The van der Waals surface area contributed by atoms with Gasteiger partial charge in [-0.05, 0) is 80.5 Å². The van der Waals surface area contributed by atoms with Crippen LogP contribution >= 0.6 is 0 Å². The second-order valence-corrected chi connectivity index (χ2v) is 9.30. The zero-order valence-electron chi connectivity index (χ0n) is 20.3. The fraction of sp³-hybridized carbons (Fsp3) is 0.536. The van der Waals surface area contributed by atoms with Crippen molar-refractivity contribution in [2.24, 2.45) is 5.92 Å². The van der Waals surface area contributed by atoms with Crippen LogP contribution in [0.4, 0.5) is 22.0 Å². The molecule has 35 heavy (non-hydrogen) atoms. The summed E-state index contributed by atoms with van der Waals surface area (Å²) in [7, 11) is 0. The van der Waals surface area contributed by atoms with E-state index >= 15 is 0 Å². The molecule has 0 saturated heterocycles. The van der Waals surface area contributed by atoms with Crippen molar-refractivity contribution in [1.82, 2.24) is 0 Å². The Morgan fingerprint density at radius 2 is 1.69 bits per heavy atom. The zero-order chi connectivity index (χ0) is 25.5. The fourth-order valence-electron chi connectivity index (χ4n) is 5.15. The average molecular weight is 497 g/mol. The number of rotatable bonds is 11. The molecule has 1 aliphatic rings. The van der Waals surface area contributed by atoms with Gasteiger partial charge in [-0.25, -0.2) is 22.0 Å². The molecule has 2 nitrogen and oxygen atoms in total. The van der Waals surface area contributed by atoms with Crippen molar-refractivity contribution in [2.75, 3.05) is 6.61 Å². The molecule has 192 valence electrons. The summed E-state index contributed by atoms with van der Waals surface area (Å²) in [6, 6.07) is 5.47. The van der Waals surface area contributed by atoms with E-state index in [1.165, 1.54) is 6.42 Å². The van der Waals surface area contributed by atoms with Crippen LogP contribution in [-0.4, -0.2) is 12.4 Å². The molecule has 0 bridgehead atoms. The van der Waals surface area contributed by atoms with Gasteiger partial charge in [0.25, 0.3) is 6.43 Å². The number of benzene rings is 2. The second kappa shape index (κ2) is 12.5. The van der Waals surface area contributed by atoms with E-state index in [0.717, 1.165) is 44.2 Å². The highest BCUT2D eigenvalue weighted by Crippen LogP contribution is 2.39. The van der Waals surface area contributed by atoms with Gasteiger partial charge in [0, 0.05) is 12.0 Å². The highest BCUT2D eigenvalue weighted by molar-refractivity contribution is 5.97. The molecule has 0 amide bonds. The van der Waals surface area contributed by atoms with Gasteiger partial charge in [0.2, 0.25) is 0 Å². The lowest BCUT2D eigenvalue weighted by Gasteiger charge is -2.29. The number of hydrogen-bond donors (Lipinski definition) is 0. The molecule has 0 unspecified atom stereocenters. The normalized spacial score (nSPS) is 18.2. The van der Waals surface area contributed by atoms with Gasteiger partial charge in [0.15, 0.2) is 29.0 Å². The summed E-state index contributed by atoms with van der Waals surface area (Å²) in [4.78, 5) is 12.6. The first-order valence-electron chi connectivity index (χ1n) is 12.5. The largest absolute Gasteiger partial charge is 0.491 e. The number of hydrogen-bond acceptors (Lipinski definition) is 2. The highest BCUT2D eigenvalue weighted by atomic mass is 19.3. The smallest absolute Gasteiger partial charge is 0.267 e. The lowest BCUT2D eigenvalue weighted by molar-refractivity contribution is 0.0962. The molecule has 0 aliphatic heterocycles. The third kappa shape index (κ3) is 6.42. The van der Waals surface area contributed by atoms with Crippen LogP contribution < -0.4 is 4.74 Å². The zero-order valence-corrected chi connectivity index (χ0v) is 20.3. The minimum absolute atomic E-state index is 0.00978. The fourth-order valence-corrected chi connectivity index (χ4v) is 5.15. The van der Waals surface area contributed by atoms with Gasteiger partial charge < -0.3 is 4.74 Å². The summed E-state index contributed by atoms with van der Waals surface area (Å²) >= 11 is 0. The SMILES string of the molecule is CCCC1CCC(c2ccc(CCCC(=O)c3ccc(OCC)c(F)c3C(F)F)c(F)c2F)CC1. The summed E-state index contributed by atoms with van der Waals surface area (Å²) in [6.45, 7) is 3.84. The predicted molar refractivity (Wildman–Crippen MR) is 126 cm³/mol. The van der Waals surface area contributed by atoms with Crippen LogP contribution in [-0.2, 0) is 6.42 Å². The van der Waals surface area contributed by atoms with Crippen LogP contribution in [0.25, 0.3) is 0 Å². The number of alkyl halides is 2. The van der Waals surface area contributed by atoms with Gasteiger partial charge in [-0.3, -0.25) is 4.79 Å². The molecule has 2 aromatic carbocycles. The van der Waals surface area contributed by atoms with E-state index in [4.69, 9.17) is 4.74 Å². The maximum absolute atomic E-state index is 14.9. The van der Waals surface area contributed by atoms with Crippen molar-refractivity contribution in [3.05, 3.63) is 64.0 Å². The van der Waals surface area contributed by atoms with E-state index in [1.54, 1.807) is 19.1 Å². The summed E-state index contributed by atoms with van der Waals surface area (Å²) in [5.74, 6) is -3.34. The third-order valence-electron chi connectivity index (χ3n) is 6.99. The van der Waals surface area contributed by atoms with Crippen molar-refractivity contribution in [3.8, 4) is 5.75 Å². The highest BCUT2D eigenvalue weighted by Gasteiger charge is 2.27. The Morgan fingerprint density at radius 1 is 0.971 bits per heavy atom. The first kappa shape index (κ1) is 27.2. The Balaban J connectivity index is 1.64. The maximum atomic E-state index is 14.9. The molecule has 3 rings (SSSR count). The van der Waals surface area contributed by atoms with Gasteiger partial charge in [0.1, 0.15) is 0 Å². The van der Waals surface area contributed by atoms with Gasteiger partial charge >= 0.3 is 0 Å². The molecule has 1 saturated carbocycles. The van der Waals surface area contributed by atoms with Crippen molar-refractivity contribution < 1.29 is 31.5 Å². The molecule has 0 radical (unpaired) electrons. The van der Waals surface area contributed by atoms with Crippen LogP contribution in [0.15, 0.2) is 24.3 Å². The van der Waals surface area contributed by atoms with Crippen LogP contribution in [0.1, 0.15) is 105 Å². The van der Waals surface area contributed by atoms with E-state index in [0.29, 0.717) is 11.5 Å².